The molecule has 0 saturated heterocycles. The Bertz CT molecular complexity index is 1990. The number of nitrogens with zero attached hydrogens (tertiary/aromatic N) is 1. The number of aromatic hydroxyl groups is 2. The maximum atomic E-state index is 13.9. The average Bonchev–Trinajstić information content (AvgIpc) is 3.50. The normalized spacial score (nSPS) is 11.8. The molecule has 14 nitrogen and oxygen atoms in total. The lowest BCUT2D eigenvalue weighted by Gasteiger charge is -2.14. The number of hydrogen-bond donors (Lipinski definition) is 9. The highest BCUT2D eigenvalue weighted by Crippen LogP contribution is 2.41. The quantitative estimate of drug-likeness (QED) is 0.0765. The van der Waals surface area contributed by atoms with Crippen molar-refractivity contribution in [1.29, 1.82) is 0 Å². The number of nitrogens with one attached hydrogen (secondary N) is 3. The molecule has 0 aliphatic rings. The van der Waals surface area contributed by atoms with Crippen molar-refractivity contribution in [2.45, 2.75) is 0 Å². The number of carboxylic acids is 2. The Labute approximate surface area is 311 Å². The molecule has 262 valence electrons. The lowest BCUT2D eigenvalue weighted by molar-refractivity contribution is -0.136. The number of ketones is 2. The van der Waals surface area contributed by atoms with Crippen molar-refractivity contribution in [3.05, 3.63) is 107 Å². The third-order valence-corrected chi connectivity index (χ3v) is 8.89. The van der Waals surface area contributed by atoms with Gasteiger partial charge in [-0.2, -0.15) is 0 Å². The molecule has 2 aromatic carbocycles. The van der Waals surface area contributed by atoms with Crippen molar-refractivity contribution in [1.82, 2.24) is 20.2 Å². The van der Waals surface area contributed by atoms with Crippen LogP contribution in [0.15, 0.2) is 42.7 Å². The molecular weight excluding hydrogens is 785 g/mol. The van der Waals surface area contributed by atoms with Crippen molar-refractivity contribution in [2.75, 3.05) is 13.1 Å². The smallest absolute Gasteiger partial charge is 0.322 e. The Morgan fingerprint density at radius 2 is 1.16 bits per heavy atom. The first-order chi connectivity index (χ1) is 23.4. The van der Waals surface area contributed by atoms with Gasteiger partial charge in [-0.1, -0.05) is 69.6 Å². The lowest BCUT2D eigenvalue weighted by atomic mass is 10.0. The number of aromatic amines is 1. The van der Waals surface area contributed by atoms with Gasteiger partial charge in [-0.25, -0.2) is 0 Å². The summed E-state index contributed by atoms with van der Waals surface area (Å²) >= 11 is 38.4. The highest BCUT2D eigenvalue weighted by molar-refractivity contribution is 6.45. The second-order valence-electron chi connectivity index (χ2n) is 10.1. The van der Waals surface area contributed by atoms with E-state index in [2.05, 4.69) is 15.6 Å². The van der Waals surface area contributed by atoms with Gasteiger partial charge in [0, 0.05) is 23.5 Å². The van der Waals surface area contributed by atoms with Crippen molar-refractivity contribution >= 4 is 105 Å². The van der Waals surface area contributed by atoms with E-state index in [1.165, 1.54) is 0 Å². The molecule has 0 aliphatic heterocycles. The number of nitrogens with two attached hydrogens (primary N) is 2. The van der Waals surface area contributed by atoms with E-state index in [1.54, 1.807) is 0 Å². The van der Waals surface area contributed by atoms with Crippen LogP contribution in [0.1, 0.15) is 43.2 Å². The van der Waals surface area contributed by atoms with Gasteiger partial charge in [0.2, 0.25) is 11.6 Å². The SMILES string of the molecule is N/C(=C\NCC(=O)O)c1cc(O)c(C(=O)c2[nH]c(Cl)c(Cl)c2-n2c(C(=O)c3cc(Cl)c(/C(N)=C/NCC(=O)O)cc3O)cc(Cl)c2Cl)cc1Cl. The van der Waals surface area contributed by atoms with Gasteiger partial charge in [0.15, 0.2) is 0 Å². The van der Waals surface area contributed by atoms with Crippen LogP contribution in [0.3, 0.4) is 0 Å². The van der Waals surface area contributed by atoms with Crippen LogP contribution in [0.5, 0.6) is 11.5 Å². The fourth-order valence-corrected chi connectivity index (χ4v) is 5.88. The van der Waals surface area contributed by atoms with Crippen molar-refractivity contribution in [3.8, 4) is 17.2 Å². The fourth-order valence-electron chi connectivity index (χ4n) is 4.51. The molecule has 4 rings (SSSR count). The molecule has 0 aliphatic carbocycles. The van der Waals surface area contributed by atoms with Gasteiger partial charge in [0.05, 0.1) is 49.0 Å². The van der Waals surface area contributed by atoms with Gasteiger partial charge in [-0.05, 0) is 30.3 Å². The number of phenols is 2. The van der Waals surface area contributed by atoms with Gasteiger partial charge in [0.1, 0.15) is 45.6 Å². The van der Waals surface area contributed by atoms with Crippen molar-refractivity contribution in [3.63, 3.8) is 0 Å². The van der Waals surface area contributed by atoms with E-state index >= 15 is 0 Å². The molecule has 4 aromatic rings. The molecule has 50 heavy (non-hydrogen) atoms. The van der Waals surface area contributed by atoms with Crippen LogP contribution in [-0.2, 0) is 9.59 Å². The van der Waals surface area contributed by atoms with Gasteiger partial charge < -0.3 is 47.5 Å². The van der Waals surface area contributed by atoms with Crippen molar-refractivity contribution in [2.24, 2.45) is 11.5 Å². The number of phenolic OH excluding ortho intramolecular Hbond substituents is 2. The molecule has 2 aromatic heterocycles. The van der Waals surface area contributed by atoms with Crippen LogP contribution in [0, 0.1) is 0 Å². The topological polar surface area (TPSA) is 246 Å². The zero-order valence-electron chi connectivity index (χ0n) is 24.7. The monoisotopic (exact) mass is 804 g/mol. The number of benzene rings is 2. The summed E-state index contributed by atoms with van der Waals surface area (Å²) in [7, 11) is 0. The second kappa shape index (κ2) is 15.5. The summed E-state index contributed by atoms with van der Waals surface area (Å²) in [6.07, 6.45) is 2.31. The molecule has 0 atom stereocenters. The zero-order valence-corrected chi connectivity index (χ0v) is 29.3. The van der Waals surface area contributed by atoms with Crippen LogP contribution < -0.4 is 22.1 Å². The number of carbonyl (C=O) groups excluding carboxylic acids is 2. The van der Waals surface area contributed by atoms with Gasteiger partial charge in [-0.3, -0.25) is 23.7 Å². The molecule has 0 amide bonds. The summed E-state index contributed by atoms with van der Waals surface area (Å²) < 4.78 is 0.997. The minimum absolute atomic E-state index is 0.0538. The fraction of sp³-hybridized carbons (Fsp3) is 0.0667. The second-order valence-corrected chi connectivity index (χ2v) is 12.4. The van der Waals surface area contributed by atoms with E-state index < -0.39 is 48.1 Å². The molecule has 0 saturated carbocycles. The number of carboxylic acid groups (broad SMARTS) is 2. The van der Waals surface area contributed by atoms with Crippen LogP contribution in [-0.4, -0.2) is 66.6 Å². The van der Waals surface area contributed by atoms with E-state index in [4.69, 9.17) is 91.3 Å². The minimum Gasteiger partial charge on any atom is -0.507 e. The van der Waals surface area contributed by atoms with Crippen LogP contribution in [0.2, 0.25) is 30.4 Å². The molecule has 0 spiro atoms. The number of rotatable bonds is 13. The average molecular weight is 807 g/mol. The Hall–Kier alpha value is -4.70. The molecule has 2 heterocycles. The molecule has 0 unspecified atom stereocenters. The largest absolute Gasteiger partial charge is 0.507 e. The summed E-state index contributed by atoms with van der Waals surface area (Å²) in [4.78, 5) is 52.0. The van der Waals surface area contributed by atoms with E-state index in [1.807, 2.05) is 0 Å². The highest BCUT2D eigenvalue weighted by atomic mass is 35.5. The first kappa shape index (κ1) is 38.1. The number of hydrogen-bond acceptors (Lipinski definition) is 10. The molecule has 11 N–H and O–H groups in total. The molecule has 0 bridgehead atoms. The molecule has 20 heteroatoms. The lowest BCUT2D eigenvalue weighted by Crippen LogP contribution is -2.18. The van der Waals surface area contributed by atoms with Gasteiger partial charge in [-0.15, -0.1) is 0 Å². The third-order valence-electron chi connectivity index (χ3n) is 6.76. The summed E-state index contributed by atoms with van der Waals surface area (Å²) in [5.74, 6) is -5.34. The molecular formula is C30H22Cl6N6O8. The maximum absolute atomic E-state index is 13.9. The highest BCUT2D eigenvalue weighted by Gasteiger charge is 2.31. The number of aliphatic carboxylic acids is 2. The van der Waals surface area contributed by atoms with E-state index in [0.29, 0.717) is 0 Å². The molecule has 0 radical (unpaired) electrons. The van der Waals surface area contributed by atoms with Crippen LogP contribution >= 0.6 is 69.6 Å². The first-order valence-electron chi connectivity index (χ1n) is 13.5. The summed E-state index contributed by atoms with van der Waals surface area (Å²) in [5.41, 5.74) is 10.3. The zero-order chi connectivity index (χ0) is 37.2. The third kappa shape index (κ3) is 7.86. The van der Waals surface area contributed by atoms with Gasteiger partial charge in [0.25, 0.3) is 0 Å². The van der Waals surface area contributed by atoms with E-state index in [-0.39, 0.29) is 81.1 Å². The van der Waals surface area contributed by atoms with Crippen LogP contribution in [0.25, 0.3) is 17.1 Å². The summed E-state index contributed by atoms with van der Waals surface area (Å²) in [6.45, 7) is -0.903. The summed E-state index contributed by atoms with van der Waals surface area (Å²) in [5, 5.41) is 43.0. The van der Waals surface area contributed by atoms with E-state index in [9.17, 15) is 29.4 Å². The number of halogens is 6. The van der Waals surface area contributed by atoms with Crippen molar-refractivity contribution < 1.29 is 39.6 Å². The molecule has 0 fully saturated rings. The summed E-state index contributed by atoms with van der Waals surface area (Å²) in [6, 6.07) is 5.48. The Morgan fingerprint density at radius 1 is 0.700 bits per heavy atom. The number of aromatic nitrogens is 2. The maximum Gasteiger partial charge on any atom is 0.322 e. The Morgan fingerprint density at radius 3 is 1.62 bits per heavy atom. The first-order valence-corrected chi connectivity index (χ1v) is 15.8. The number of carbonyl (C=O) groups is 4. The van der Waals surface area contributed by atoms with E-state index in [0.717, 1.165) is 47.3 Å². The van der Waals surface area contributed by atoms with Gasteiger partial charge >= 0.3 is 11.9 Å². The predicted octanol–water partition coefficient (Wildman–Crippen LogP) is 5.46. The Balaban J connectivity index is 1.80. The minimum atomic E-state index is -1.16. The number of H-pyrrole nitrogens is 1. The Kier molecular flexibility index (Phi) is 11.8. The van der Waals surface area contributed by atoms with Crippen LogP contribution in [0.4, 0.5) is 0 Å². The predicted molar refractivity (Wildman–Crippen MR) is 189 cm³/mol. The standard InChI is InChI=1S/C30H22Cl6N6O8/c31-14-1-12(20(43)3-10(14)17(37)6-39-8-22(45)46)27(49)19-5-16(33)30(36)42(19)26-24(34)29(35)41-25(26)28(50)13-2-15(32)11(4-21(13)44)18(38)7-40-9-23(47)48/h1-7,39-41,43-44H,8-9,37-38H2,(H,45,46)(H,47,48)/b17-6-,18-7-.